The van der Waals surface area contributed by atoms with Crippen LogP contribution < -0.4 is 0 Å². The van der Waals surface area contributed by atoms with Crippen LogP contribution in [0.2, 0.25) is 0 Å². The summed E-state index contributed by atoms with van der Waals surface area (Å²) in [5.41, 5.74) is 0. The molecule has 1 nitrogen and oxygen atoms in total. The molecule has 1 rings (SSSR count). The third-order valence-electron chi connectivity index (χ3n) is 2.98. The Morgan fingerprint density at radius 2 is 1.82 bits per heavy atom. The molecule has 0 unspecified atom stereocenters. The molecule has 0 aromatic rings. The summed E-state index contributed by atoms with van der Waals surface area (Å²) in [6.45, 7) is 4.94. The maximum atomic E-state index is 2.59. The normalized spacial score (nSPS) is 16.1. The summed E-state index contributed by atoms with van der Waals surface area (Å²) in [5, 5.41) is 0. The molecular formula is C13H28ClNS2. The monoisotopic (exact) mass is 297 g/mol. The maximum absolute atomic E-state index is 2.59. The van der Waals surface area contributed by atoms with Crippen molar-refractivity contribution in [1.29, 1.82) is 0 Å². The molecule has 0 aliphatic carbocycles. The van der Waals surface area contributed by atoms with Crippen molar-refractivity contribution in [2.24, 2.45) is 0 Å². The molecule has 0 N–H and O–H groups in total. The summed E-state index contributed by atoms with van der Waals surface area (Å²) < 4.78 is 0. The molecule has 0 bridgehead atoms. The van der Waals surface area contributed by atoms with Crippen molar-refractivity contribution in [3.63, 3.8) is 0 Å². The Morgan fingerprint density at radius 1 is 1.06 bits per heavy atom. The van der Waals surface area contributed by atoms with Crippen molar-refractivity contribution < 1.29 is 0 Å². The van der Waals surface area contributed by atoms with E-state index in [1.165, 1.54) is 74.7 Å². The van der Waals surface area contributed by atoms with Gasteiger partial charge >= 0.3 is 0 Å². The van der Waals surface area contributed by atoms with Crippen LogP contribution in [0.5, 0.6) is 0 Å². The second-order valence-electron chi connectivity index (χ2n) is 4.54. The summed E-state index contributed by atoms with van der Waals surface area (Å²) in [5.74, 6) is 5.39. The van der Waals surface area contributed by atoms with Gasteiger partial charge in [0.2, 0.25) is 0 Å². The largest absolute Gasteiger partial charge is 0.293 e. The highest BCUT2D eigenvalue weighted by molar-refractivity contribution is 7.99. The van der Waals surface area contributed by atoms with E-state index in [9.17, 15) is 0 Å². The maximum Gasteiger partial charge on any atom is 0.0445 e. The van der Waals surface area contributed by atoms with Crippen LogP contribution in [0.15, 0.2) is 0 Å². The number of hydrogen-bond acceptors (Lipinski definition) is 3. The van der Waals surface area contributed by atoms with E-state index in [2.05, 4.69) is 35.3 Å². The molecule has 1 saturated heterocycles. The minimum absolute atomic E-state index is 0. The molecule has 0 aromatic carbocycles. The highest BCUT2D eigenvalue weighted by Crippen LogP contribution is 2.14. The molecule has 0 saturated carbocycles. The van der Waals surface area contributed by atoms with E-state index in [4.69, 9.17) is 0 Å². The Balaban J connectivity index is 0.00000256. The molecule has 1 aliphatic rings. The van der Waals surface area contributed by atoms with E-state index >= 15 is 0 Å². The van der Waals surface area contributed by atoms with Crippen LogP contribution in [-0.4, -0.2) is 41.1 Å². The molecule has 0 radical (unpaired) electrons. The number of nitrogens with zero attached hydrogens (tertiary/aromatic N) is 1. The van der Waals surface area contributed by atoms with E-state index < -0.39 is 0 Å². The van der Waals surface area contributed by atoms with Gasteiger partial charge < -0.3 is 0 Å². The van der Waals surface area contributed by atoms with Gasteiger partial charge in [-0.3, -0.25) is 4.90 Å². The van der Waals surface area contributed by atoms with Gasteiger partial charge in [-0.05, 0) is 30.9 Å². The summed E-state index contributed by atoms with van der Waals surface area (Å²) in [6.07, 6.45) is 8.51. The van der Waals surface area contributed by atoms with Crippen molar-refractivity contribution in [2.45, 2.75) is 45.4 Å². The molecule has 0 spiro atoms. The second-order valence-corrected chi connectivity index (χ2v) is 6.83. The van der Waals surface area contributed by atoms with E-state index in [1.54, 1.807) is 0 Å². The zero-order chi connectivity index (χ0) is 11.5. The van der Waals surface area contributed by atoms with Crippen LogP contribution in [0.1, 0.15) is 45.4 Å². The quantitative estimate of drug-likeness (QED) is 0.546. The topological polar surface area (TPSA) is 3.24 Å². The van der Waals surface area contributed by atoms with Crippen molar-refractivity contribution in [3.8, 4) is 0 Å². The summed E-state index contributed by atoms with van der Waals surface area (Å²) >= 11 is 4.24. The molecule has 104 valence electrons. The summed E-state index contributed by atoms with van der Waals surface area (Å²) in [6, 6.07) is 0. The fraction of sp³-hybridized carbons (Fsp3) is 1.00. The number of rotatable bonds is 10. The zero-order valence-corrected chi connectivity index (χ0v) is 13.6. The first-order valence-electron chi connectivity index (χ1n) is 6.81. The first-order chi connectivity index (χ1) is 7.93. The SMILES string of the molecule is CCCCCCCSCCCN1CCSC1.Cl. The van der Waals surface area contributed by atoms with Crippen LogP contribution in [0.25, 0.3) is 0 Å². The molecule has 0 amide bonds. The highest BCUT2D eigenvalue weighted by atomic mass is 35.5. The Kier molecular flexibility index (Phi) is 14.1. The molecule has 0 atom stereocenters. The smallest absolute Gasteiger partial charge is 0.0445 e. The van der Waals surface area contributed by atoms with Crippen molar-refractivity contribution in [2.75, 3.05) is 36.2 Å². The van der Waals surface area contributed by atoms with Crippen LogP contribution in [0.3, 0.4) is 0 Å². The van der Waals surface area contributed by atoms with Gasteiger partial charge in [0.25, 0.3) is 0 Å². The van der Waals surface area contributed by atoms with Gasteiger partial charge in [-0.2, -0.15) is 11.8 Å². The lowest BCUT2D eigenvalue weighted by molar-refractivity contribution is 0.358. The molecule has 17 heavy (non-hydrogen) atoms. The fourth-order valence-electron chi connectivity index (χ4n) is 1.93. The Labute approximate surface area is 122 Å². The van der Waals surface area contributed by atoms with Crippen LogP contribution in [-0.2, 0) is 0 Å². The van der Waals surface area contributed by atoms with Gasteiger partial charge in [-0.15, -0.1) is 24.2 Å². The first-order valence-corrected chi connectivity index (χ1v) is 9.12. The predicted molar refractivity (Wildman–Crippen MR) is 86.8 cm³/mol. The lowest BCUT2D eigenvalue weighted by Gasteiger charge is -2.12. The third kappa shape index (κ3) is 10.5. The van der Waals surface area contributed by atoms with Crippen LogP contribution in [0, 0.1) is 0 Å². The highest BCUT2D eigenvalue weighted by Gasteiger charge is 2.10. The standard InChI is InChI=1S/C13H27NS2.ClH/c1-2-3-4-5-6-10-15-11-7-8-14-9-12-16-13-14;/h2-13H2,1H3;1H. The Bertz CT molecular complexity index is 152. The first kappa shape index (κ1) is 17.9. The molecule has 1 fully saturated rings. The molecular weight excluding hydrogens is 270 g/mol. The van der Waals surface area contributed by atoms with Crippen LogP contribution in [0.4, 0.5) is 0 Å². The van der Waals surface area contributed by atoms with E-state index in [0.29, 0.717) is 0 Å². The number of halogens is 1. The van der Waals surface area contributed by atoms with Crippen molar-refractivity contribution in [3.05, 3.63) is 0 Å². The predicted octanol–water partition coefficient (Wildman–Crippen LogP) is 4.51. The average molecular weight is 298 g/mol. The second kappa shape index (κ2) is 13.4. The number of thioether (sulfide) groups is 2. The minimum Gasteiger partial charge on any atom is -0.293 e. The van der Waals surface area contributed by atoms with Gasteiger partial charge in [0, 0.05) is 18.2 Å². The van der Waals surface area contributed by atoms with Crippen molar-refractivity contribution >= 4 is 35.9 Å². The van der Waals surface area contributed by atoms with E-state index in [1.807, 2.05) is 0 Å². The minimum atomic E-state index is 0. The van der Waals surface area contributed by atoms with Gasteiger partial charge in [-0.25, -0.2) is 0 Å². The molecule has 1 aliphatic heterocycles. The number of hydrogen-bond donors (Lipinski definition) is 0. The van der Waals surface area contributed by atoms with Crippen LogP contribution >= 0.6 is 35.9 Å². The molecule has 4 heteroatoms. The van der Waals surface area contributed by atoms with Crippen molar-refractivity contribution in [1.82, 2.24) is 4.90 Å². The zero-order valence-electron chi connectivity index (χ0n) is 11.2. The van der Waals surface area contributed by atoms with Gasteiger partial charge in [0.1, 0.15) is 0 Å². The summed E-state index contributed by atoms with van der Waals surface area (Å²) in [7, 11) is 0. The van der Waals surface area contributed by atoms with E-state index in [0.717, 1.165) is 0 Å². The van der Waals surface area contributed by atoms with E-state index in [-0.39, 0.29) is 12.4 Å². The lowest BCUT2D eigenvalue weighted by atomic mass is 10.2. The lowest BCUT2D eigenvalue weighted by Crippen LogP contribution is -2.21. The fourth-order valence-corrected chi connectivity index (χ4v) is 3.91. The number of unbranched alkanes of at least 4 members (excludes halogenated alkanes) is 4. The molecule has 1 heterocycles. The third-order valence-corrected chi connectivity index (χ3v) is 5.15. The Hall–Kier alpha value is 0.950. The summed E-state index contributed by atoms with van der Waals surface area (Å²) in [4.78, 5) is 2.59. The Morgan fingerprint density at radius 3 is 2.53 bits per heavy atom. The van der Waals surface area contributed by atoms with Gasteiger partial charge in [-0.1, -0.05) is 32.6 Å². The van der Waals surface area contributed by atoms with Gasteiger partial charge in [0.15, 0.2) is 0 Å². The van der Waals surface area contributed by atoms with Gasteiger partial charge in [0.05, 0.1) is 0 Å². The molecule has 0 aromatic heterocycles. The average Bonchev–Trinajstić information content (AvgIpc) is 2.80.